The Labute approximate surface area is 129 Å². The molecule has 6 nitrogen and oxygen atoms in total. The van der Waals surface area contributed by atoms with Crippen LogP contribution < -0.4 is 0 Å². The fraction of sp³-hybridized carbons (Fsp3) is 0.833. The zero-order valence-corrected chi connectivity index (χ0v) is 14.2. The quantitative estimate of drug-likeness (QED) is 0.163. The van der Waals surface area contributed by atoms with Gasteiger partial charge in [-0.1, -0.05) is 35.4 Å². The minimum atomic E-state index is 0.559. The van der Waals surface area contributed by atoms with Crippen LogP contribution in [0.1, 0.15) is 53.4 Å². The predicted molar refractivity (Wildman–Crippen MR) is 85.3 cm³/mol. The van der Waals surface area contributed by atoms with E-state index < -0.39 is 0 Å². The van der Waals surface area contributed by atoms with Gasteiger partial charge in [0.2, 0.25) is 0 Å². The number of hydrogen-bond acceptors (Lipinski definition) is 8. The highest BCUT2D eigenvalue weighted by Gasteiger charge is 2.00. The molecule has 0 saturated heterocycles. The van der Waals surface area contributed by atoms with Gasteiger partial charge in [0.05, 0.1) is 0 Å². The van der Waals surface area contributed by atoms with Crippen LogP contribution in [0.2, 0.25) is 0 Å². The second kappa shape index (κ2) is 15.0. The molecular formula is C12H24N2O4S2. The van der Waals surface area contributed by atoms with Crippen LogP contribution in [0.25, 0.3) is 0 Å². The van der Waals surface area contributed by atoms with E-state index in [2.05, 4.69) is 24.2 Å². The van der Waals surface area contributed by atoms with Gasteiger partial charge < -0.3 is 0 Å². The van der Waals surface area contributed by atoms with E-state index in [1.165, 1.54) is 24.1 Å². The SMILES string of the molecule is CCCCSOON=C(C)C(C)=NOOSCCCC. The lowest BCUT2D eigenvalue weighted by Crippen LogP contribution is -2.06. The van der Waals surface area contributed by atoms with Crippen LogP contribution in [-0.4, -0.2) is 22.9 Å². The first-order valence-electron chi connectivity index (χ1n) is 6.72. The van der Waals surface area contributed by atoms with E-state index >= 15 is 0 Å². The van der Waals surface area contributed by atoms with Gasteiger partial charge in [-0.15, -0.1) is 0 Å². The van der Waals surface area contributed by atoms with Crippen molar-refractivity contribution in [3.63, 3.8) is 0 Å². The van der Waals surface area contributed by atoms with Crippen molar-refractivity contribution in [2.75, 3.05) is 11.5 Å². The molecule has 0 rings (SSSR count). The normalized spacial score (nSPS) is 12.6. The number of nitrogens with zero attached hydrogens (tertiary/aromatic N) is 2. The first kappa shape index (κ1) is 19.6. The summed E-state index contributed by atoms with van der Waals surface area (Å²) in [5, 5.41) is 7.50. The Hall–Kier alpha value is -0.440. The predicted octanol–water partition coefficient (Wildman–Crippen LogP) is 4.53. The Bertz CT molecular complexity index is 261. The second-order valence-corrected chi connectivity index (χ2v) is 5.55. The molecule has 0 heterocycles. The maximum Gasteiger partial charge on any atom is 0.105 e. The van der Waals surface area contributed by atoms with Crippen molar-refractivity contribution in [1.29, 1.82) is 0 Å². The van der Waals surface area contributed by atoms with Crippen molar-refractivity contribution < 1.29 is 18.6 Å². The molecule has 0 unspecified atom stereocenters. The summed E-state index contributed by atoms with van der Waals surface area (Å²) in [5.74, 6) is 1.76. The first-order chi connectivity index (χ1) is 9.72. The van der Waals surface area contributed by atoms with Crippen molar-refractivity contribution in [2.45, 2.75) is 53.4 Å². The molecule has 0 aliphatic carbocycles. The van der Waals surface area contributed by atoms with Gasteiger partial charge in [0.25, 0.3) is 0 Å². The number of unbranched alkanes of at least 4 members (excludes halogenated alkanes) is 2. The molecule has 0 aromatic heterocycles. The van der Waals surface area contributed by atoms with Gasteiger partial charge in [-0.05, 0) is 37.0 Å². The highest BCUT2D eigenvalue weighted by molar-refractivity contribution is 7.94. The summed E-state index contributed by atoms with van der Waals surface area (Å²) in [6.45, 7) is 7.72. The summed E-state index contributed by atoms with van der Waals surface area (Å²) in [6.07, 6.45) is 4.41. The Morgan fingerprint density at radius 3 is 1.55 bits per heavy atom. The monoisotopic (exact) mass is 324 g/mol. The van der Waals surface area contributed by atoms with E-state index in [9.17, 15) is 0 Å². The van der Waals surface area contributed by atoms with Crippen molar-refractivity contribution >= 4 is 35.5 Å². The van der Waals surface area contributed by atoms with Crippen molar-refractivity contribution in [2.24, 2.45) is 10.3 Å². The molecule has 0 aromatic rings. The molecule has 0 bridgehead atoms. The molecule has 0 amide bonds. The molecule has 0 atom stereocenters. The van der Waals surface area contributed by atoms with Gasteiger partial charge in [-0.2, -0.15) is 0 Å². The molecule has 0 aromatic carbocycles. The molecule has 8 heteroatoms. The van der Waals surface area contributed by atoms with Gasteiger partial charge in [0.15, 0.2) is 0 Å². The third-order valence-electron chi connectivity index (χ3n) is 2.19. The summed E-state index contributed by atoms with van der Waals surface area (Å²) in [6, 6.07) is 0. The third-order valence-corrected chi connectivity index (χ3v) is 3.42. The molecule has 0 aliphatic rings. The Balaban J connectivity index is 3.68. The molecule has 0 spiro atoms. The minimum absolute atomic E-state index is 0.559. The highest BCUT2D eigenvalue weighted by atomic mass is 32.2. The Kier molecular flexibility index (Phi) is 14.6. The molecule has 20 heavy (non-hydrogen) atoms. The van der Waals surface area contributed by atoms with Crippen LogP contribution in [0.5, 0.6) is 0 Å². The van der Waals surface area contributed by atoms with Gasteiger partial charge >= 0.3 is 0 Å². The minimum Gasteiger partial charge on any atom is -0.208 e. The van der Waals surface area contributed by atoms with E-state index in [4.69, 9.17) is 18.6 Å². The van der Waals surface area contributed by atoms with Crippen LogP contribution in [0, 0.1) is 0 Å². The lowest BCUT2D eigenvalue weighted by atomic mass is 10.3. The molecular weight excluding hydrogens is 300 g/mol. The van der Waals surface area contributed by atoms with Crippen LogP contribution in [0.4, 0.5) is 0 Å². The fourth-order valence-corrected chi connectivity index (χ4v) is 1.89. The number of oxime groups is 2. The van der Waals surface area contributed by atoms with Crippen LogP contribution in [0.15, 0.2) is 10.3 Å². The average molecular weight is 324 g/mol. The van der Waals surface area contributed by atoms with Crippen molar-refractivity contribution in [3.8, 4) is 0 Å². The lowest BCUT2D eigenvalue weighted by Gasteiger charge is -2.00. The maximum atomic E-state index is 4.82. The van der Waals surface area contributed by atoms with Gasteiger partial charge in [-0.25, -0.2) is 9.98 Å². The molecule has 0 aliphatic heterocycles. The van der Waals surface area contributed by atoms with E-state index in [0.29, 0.717) is 11.4 Å². The van der Waals surface area contributed by atoms with Crippen molar-refractivity contribution in [3.05, 3.63) is 0 Å². The largest absolute Gasteiger partial charge is 0.208 e. The van der Waals surface area contributed by atoms with E-state index in [1.807, 2.05) is 0 Å². The zero-order valence-electron chi connectivity index (χ0n) is 12.6. The highest BCUT2D eigenvalue weighted by Crippen LogP contribution is 2.08. The summed E-state index contributed by atoms with van der Waals surface area (Å²) in [4.78, 5) is 9.38. The summed E-state index contributed by atoms with van der Waals surface area (Å²) in [5.41, 5.74) is 1.12. The van der Waals surface area contributed by atoms with Crippen LogP contribution >= 0.6 is 24.1 Å². The third kappa shape index (κ3) is 12.6. The summed E-state index contributed by atoms with van der Waals surface area (Å²) >= 11 is 2.46. The first-order valence-corrected chi connectivity index (χ1v) is 8.54. The summed E-state index contributed by atoms with van der Waals surface area (Å²) < 4.78 is 9.65. The molecule has 0 saturated carbocycles. The maximum absolute atomic E-state index is 4.82. The molecule has 0 radical (unpaired) electrons. The van der Waals surface area contributed by atoms with E-state index in [-0.39, 0.29) is 0 Å². The summed E-state index contributed by atoms with van der Waals surface area (Å²) in [7, 11) is 0. The molecule has 118 valence electrons. The van der Waals surface area contributed by atoms with Crippen LogP contribution in [0.3, 0.4) is 0 Å². The lowest BCUT2D eigenvalue weighted by molar-refractivity contribution is -0.192. The average Bonchev–Trinajstić information content (AvgIpc) is 2.45. The fourth-order valence-electron chi connectivity index (χ4n) is 0.792. The Morgan fingerprint density at radius 1 is 0.800 bits per heavy atom. The molecule has 0 N–H and O–H groups in total. The number of hydrogen-bond donors (Lipinski definition) is 0. The van der Waals surface area contributed by atoms with E-state index in [0.717, 1.165) is 37.2 Å². The topological polar surface area (TPSA) is 61.6 Å². The van der Waals surface area contributed by atoms with Gasteiger partial charge in [-0.3, -0.25) is 0 Å². The Morgan fingerprint density at radius 2 is 1.20 bits per heavy atom. The van der Waals surface area contributed by atoms with Crippen molar-refractivity contribution in [1.82, 2.24) is 0 Å². The van der Waals surface area contributed by atoms with Gasteiger partial charge in [0, 0.05) is 35.6 Å². The second-order valence-electron chi connectivity index (χ2n) is 3.99. The van der Waals surface area contributed by atoms with E-state index in [1.54, 1.807) is 13.8 Å². The van der Waals surface area contributed by atoms with Gasteiger partial charge in [0.1, 0.15) is 11.4 Å². The number of rotatable bonds is 13. The molecule has 0 fully saturated rings. The van der Waals surface area contributed by atoms with Crippen LogP contribution in [-0.2, 0) is 18.6 Å². The standard InChI is InChI=1S/C12H24N2O4S2/c1-5-7-9-19-17-15-13-11(3)12(4)14-16-18-20-10-8-6-2/h5-10H2,1-4H3. The smallest absolute Gasteiger partial charge is 0.105 e. The zero-order chi connectivity index (χ0) is 15.1.